The maximum Gasteiger partial charge on any atom is 0.260 e. The molecule has 8 rings (SSSR count). The van der Waals surface area contributed by atoms with Gasteiger partial charge in [-0.3, -0.25) is 0 Å². The highest BCUT2D eigenvalue weighted by molar-refractivity contribution is 6.98. The Morgan fingerprint density at radius 3 is 1.69 bits per heavy atom. The van der Waals surface area contributed by atoms with E-state index in [-0.39, 0.29) is 6.71 Å². The van der Waals surface area contributed by atoms with Gasteiger partial charge in [-0.2, -0.15) is 0 Å². The van der Waals surface area contributed by atoms with Gasteiger partial charge in [0.1, 0.15) is 23.0 Å². The maximum absolute atomic E-state index is 6.56. The molecule has 2 nitrogen and oxygen atoms in total. The number of ether oxygens (including phenoxy) is 2. The average molecular weight is 500 g/mol. The Morgan fingerprint density at radius 2 is 1.05 bits per heavy atom. The third kappa shape index (κ3) is 3.73. The Balaban J connectivity index is 1.33. The molecule has 0 amide bonds. The van der Waals surface area contributed by atoms with Crippen molar-refractivity contribution in [2.75, 3.05) is 0 Å². The monoisotopic (exact) mass is 500 g/mol. The smallest absolute Gasteiger partial charge is 0.260 e. The quantitative estimate of drug-likeness (QED) is 0.234. The molecule has 0 spiro atoms. The number of hydrogen-bond acceptors (Lipinski definition) is 2. The number of fused-ring (bicyclic) bond motifs is 4. The molecule has 3 heteroatoms. The summed E-state index contributed by atoms with van der Waals surface area (Å²) in [4.78, 5) is 0. The molecule has 0 unspecified atom stereocenters. The van der Waals surface area contributed by atoms with Crippen LogP contribution in [0.3, 0.4) is 0 Å². The van der Waals surface area contributed by atoms with Gasteiger partial charge in [-0.25, -0.2) is 0 Å². The minimum atomic E-state index is 0.0858. The van der Waals surface area contributed by atoms with Crippen LogP contribution in [0.25, 0.3) is 27.8 Å². The van der Waals surface area contributed by atoms with Crippen molar-refractivity contribution in [2.24, 2.45) is 0 Å². The third-order valence-corrected chi connectivity index (χ3v) is 7.99. The van der Waals surface area contributed by atoms with E-state index in [4.69, 9.17) is 9.47 Å². The Morgan fingerprint density at radius 1 is 0.487 bits per heavy atom. The molecule has 5 aromatic rings. The fraction of sp³-hybridized carbons (Fsp3) is 0.0556. The van der Waals surface area contributed by atoms with E-state index in [0.29, 0.717) is 0 Å². The molecule has 39 heavy (non-hydrogen) atoms. The first-order valence-electron chi connectivity index (χ1n) is 13.6. The highest BCUT2D eigenvalue weighted by Crippen LogP contribution is 2.40. The van der Waals surface area contributed by atoms with Gasteiger partial charge in [0.15, 0.2) is 0 Å². The number of hydrogen-bond donors (Lipinski definition) is 0. The normalized spacial score (nSPS) is 14.4. The summed E-state index contributed by atoms with van der Waals surface area (Å²) in [5, 5.41) is 0. The van der Waals surface area contributed by atoms with Crippen LogP contribution in [0.4, 0.5) is 0 Å². The Labute approximate surface area is 229 Å². The van der Waals surface area contributed by atoms with Crippen LogP contribution in [0, 0.1) is 0 Å². The highest BCUT2D eigenvalue weighted by Gasteiger charge is 2.40. The largest absolute Gasteiger partial charge is 0.458 e. The molecule has 0 fully saturated rings. The van der Waals surface area contributed by atoms with E-state index in [1.807, 2.05) is 12.1 Å². The number of allylic oxidation sites excluding steroid dienone is 4. The minimum Gasteiger partial charge on any atom is -0.458 e. The number of benzene rings is 5. The van der Waals surface area contributed by atoms with Crippen molar-refractivity contribution in [1.82, 2.24) is 0 Å². The van der Waals surface area contributed by atoms with Crippen LogP contribution >= 0.6 is 0 Å². The van der Waals surface area contributed by atoms with Crippen molar-refractivity contribution in [3.05, 3.63) is 133 Å². The van der Waals surface area contributed by atoms with Crippen LogP contribution < -0.4 is 25.9 Å². The predicted octanol–water partition coefficient (Wildman–Crippen LogP) is 7.48. The van der Waals surface area contributed by atoms with Gasteiger partial charge in [-0.1, -0.05) is 85.0 Å². The molecular formula is C36H25BO2. The van der Waals surface area contributed by atoms with E-state index in [1.54, 1.807) is 0 Å². The molecule has 0 N–H and O–H groups in total. The van der Waals surface area contributed by atoms with Crippen molar-refractivity contribution in [3.8, 4) is 45.3 Å². The van der Waals surface area contributed by atoms with E-state index in [1.165, 1.54) is 33.2 Å². The van der Waals surface area contributed by atoms with Gasteiger partial charge in [0.2, 0.25) is 0 Å². The van der Waals surface area contributed by atoms with Crippen molar-refractivity contribution in [2.45, 2.75) is 12.8 Å². The molecule has 2 aliphatic heterocycles. The topological polar surface area (TPSA) is 18.5 Å². The van der Waals surface area contributed by atoms with Crippen molar-refractivity contribution < 1.29 is 9.47 Å². The molecule has 2 heterocycles. The zero-order valence-electron chi connectivity index (χ0n) is 21.4. The van der Waals surface area contributed by atoms with Crippen LogP contribution in [-0.2, 0) is 0 Å². The lowest BCUT2D eigenvalue weighted by molar-refractivity contribution is 0.465. The second-order valence-corrected chi connectivity index (χ2v) is 10.4. The fourth-order valence-electron chi connectivity index (χ4n) is 6.15. The maximum atomic E-state index is 6.56. The van der Waals surface area contributed by atoms with E-state index < -0.39 is 0 Å². The zero-order valence-corrected chi connectivity index (χ0v) is 21.4. The molecule has 5 aromatic carbocycles. The Hall–Kier alpha value is -4.76. The number of para-hydroxylation sites is 2. The van der Waals surface area contributed by atoms with Crippen LogP contribution in [0.1, 0.15) is 18.4 Å². The van der Waals surface area contributed by atoms with Gasteiger partial charge >= 0.3 is 0 Å². The predicted molar refractivity (Wildman–Crippen MR) is 161 cm³/mol. The first-order valence-corrected chi connectivity index (χ1v) is 13.6. The van der Waals surface area contributed by atoms with Gasteiger partial charge in [-0.05, 0) is 99.6 Å². The van der Waals surface area contributed by atoms with Crippen LogP contribution in [0.2, 0.25) is 0 Å². The molecule has 184 valence electrons. The molecule has 0 radical (unpaired) electrons. The molecule has 0 aromatic heterocycles. The van der Waals surface area contributed by atoms with Gasteiger partial charge in [0.05, 0.1) is 0 Å². The van der Waals surface area contributed by atoms with E-state index in [9.17, 15) is 0 Å². The second kappa shape index (κ2) is 8.92. The van der Waals surface area contributed by atoms with Crippen molar-refractivity contribution in [3.63, 3.8) is 0 Å². The molecule has 1 aliphatic carbocycles. The van der Waals surface area contributed by atoms with Crippen LogP contribution in [0.5, 0.6) is 23.0 Å². The lowest BCUT2D eigenvalue weighted by Gasteiger charge is -2.33. The summed E-state index contributed by atoms with van der Waals surface area (Å²) in [5.74, 6) is 3.55. The molecule has 0 bridgehead atoms. The summed E-state index contributed by atoms with van der Waals surface area (Å²) < 4.78 is 13.1. The zero-order chi connectivity index (χ0) is 25.8. The fourth-order valence-corrected chi connectivity index (χ4v) is 6.15. The third-order valence-electron chi connectivity index (χ3n) is 7.99. The molecule has 0 saturated heterocycles. The summed E-state index contributed by atoms with van der Waals surface area (Å²) in [7, 11) is 0. The molecular weight excluding hydrogens is 475 g/mol. The van der Waals surface area contributed by atoms with Crippen LogP contribution in [-0.4, -0.2) is 6.71 Å². The second-order valence-electron chi connectivity index (χ2n) is 10.4. The number of rotatable bonds is 3. The summed E-state index contributed by atoms with van der Waals surface area (Å²) >= 11 is 0. The summed E-state index contributed by atoms with van der Waals surface area (Å²) in [6, 6.07) is 38.6. The SMILES string of the molecule is C1=CC(c2cc(-c3ccccc3)cc(-c3cc4c5c(c3)Oc3ccccc3B5c3ccccc3O4)c2)=CCC1. The van der Waals surface area contributed by atoms with E-state index >= 15 is 0 Å². The summed E-state index contributed by atoms with van der Waals surface area (Å²) in [6.45, 7) is 0.0858. The van der Waals surface area contributed by atoms with E-state index in [0.717, 1.165) is 52.4 Å². The van der Waals surface area contributed by atoms with Gasteiger partial charge < -0.3 is 9.47 Å². The average Bonchev–Trinajstić information content (AvgIpc) is 3.01. The molecule has 3 aliphatic rings. The molecule has 0 saturated carbocycles. The van der Waals surface area contributed by atoms with Gasteiger partial charge in [-0.15, -0.1) is 0 Å². The van der Waals surface area contributed by atoms with Crippen molar-refractivity contribution in [1.29, 1.82) is 0 Å². The standard InChI is InChI=1S/C36H25BO2/c1-3-11-24(12-4-1)26-19-27(25-13-5-2-6-14-25)21-28(20-26)29-22-34-36-35(23-29)39-33-18-10-8-16-31(33)37(36)30-15-7-9-17-32(30)38-34/h1,3-5,7-23H,2,6H2. The molecule has 0 atom stereocenters. The Kier molecular flexibility index (Phi) is 5.09. The first kappa shape index (κ1) is 22.2. The van der Waals surface area contributed by atoms with Gasteiger partial charge in [0.25, 0.3) is 6.71 Å². The van der Waals surface area contributed by atoms with Gasteiger partial charge in [0, 0.05) is 5.46 Å². The first-order chi connectivity index (χ1) is 19.3. The van der Waals surface area contributed by atoms with E-state index in [2.05, 4.69) is 115 Å². The summed E-state index contributed by atoms with van der Waals surface area (Å²) in [5.41, 5.74) is 10.6. The Bertz CT molecular complexity index is 1750. The summed E-state index contributed by atoms with van der Waals surface area (Å²) in [6.07, 6.45) is 9.03. The lowest BCUT2D eigenvalue weighted by atomic mass is 9.35. The lowest BCUT2D eigenvalue weighted by Crippen LogP contribution is -2.57. The van der Waals surface area contributed by atoms with Crippen molar-refractivity contribution >= 4 is 28.7 Å². The highest BCUT2D eigenvalue weighted by atomic mass is 16.5. The van der Waals surface area contributed by atoms with Crippen LogP contribution in [0.15, 0.2) is 127 Å². The minimum absolute atomic E-state index is 0.0858.